The zero-order valence-corrected chi connectivity index (χ0v) is 19.0. The number of nitrogens with zero attached hydrogens (tertiary/aromatic N) is 3. The van der Waals surface area contributed by atoms with Crippen molar-refractivity contribution in [1.29, 1.82) is 0 Å². The van der Waals surface area contributed by atoms with E-state index in [0.717, 1.165) is 11.3 Å². The van der Waals surface area contributed by atoms with E-state index in [4.69, 9.17) is 4.74 Å². The zero-order chi connectivity index (χ0) is 23.9. The lowest BCUT2D eigenvalue weighted by Crippen LogP contribution is -2.52. The molecule has 1 aromatic carbocycles. The molecule has 9 nitrogen and oxygen atoms in total. The van der Waals surface area contributed by atoms with E-state index in [0.29, 0.717) is 17.7 Å². The summed E-state index contributed by atoms with van der Waals surface area (Å²) >= 11 is 0. The van der Waals surface area contributed by atoms with Crippen LogP contribution >= 0.6 is 0 Å². The van der Waals surface area contributed by atoms with Crippen molar-refractivity contribution >= 4 is 29.5 Å². The molecule has 0 spiro atoms. The molecule has 0 saturated carbocycles. The van der Waals surface area contributed by atoms with Gasteiger partial charge in [0.25, 0.3) is 5.91 Å². The van der Waals surface area contributed by atoms with Crippen molar-refractivity contribution in [2.45, 2.75) is 51.6 Å². The van der Waals surface area contributed by atoms with E-state index < -0.39 is 18.0 Å². The number of ether oxygens (including phenoxy) is 1. The molecule has 33 heavy (non-hydrogen) atoms. The van der Waals surface area contributed by atoms with Crippen molar-refractivity contribution in [3.8, 4) is 5.75 Å². The van der Waals surface area contributed by atoms with Crippen LogP contribution in [0.1, 0.15) is 55.2 Å². The van der Waals surface area contributed by atoms with Gasteiger partial charge in [0.2, 0.25) is 11.8 Å². The third-order valence-electron chi connectivity index (χ3n) is 5.88. The Morgan fingerprint density at radius 1 is 1.18 bits per heavy atom. The lowest BCUT2D eigenvalue weighted by atomic mass is 9.91. The summed E-state index contributed by atoms with van der Waals surface area (Å²) in [6.07, 6.45) is 1.53. The van der Waals surface area contributed by atoms with E-state index in [-0.39, 0.29) is 35.9 Å². The predicted molar refractivity (Wildman–Crippen MR) is 120 cm³/mol. The number of aromatic nitrogens is 1. The van der Waals surface area contributed by atoms with Crippen LogP contribution in [0.2, 0.25) is 0 Å². The van der Waals surface area contributed by atoms with E-state index in [1.54, 1.807) is 31.4 Å². The maximum Gasteiger partial charge on any atom is 0.419 e. The number of fused-ring (bicyclic) bond motifs is 1. The number of carbonyl (C=O) groups is 4. The molecule has 1 fully saturated rings. The molecule has 172 valence electrons. The normalized spacial score (nSPS) is 18.1. The van der Waals surface area contributed by atoms with Crippen LogP contribution in [0.15, 0.2) is 36.5 Å². The van der Waals surface area contributed by atoms with Crippen molar-refractivity contribution in [3.63, 3.8) is 0 Å². The molecular formula is C24H26N4O5. The Bertz CT molecular complexity index is 1150. The molecule has 1 N–H and O–H groups in total. The highest BCUT2D eigenvalue weighted by molar-refractivity contribution is 6.05. The number of amides is 4. The van der Waals surface area contributed by atoms with E-state index in [1.165, 1.54) is 15.9 Å². The van der Waals surface area contributed by atoms with Gasteiger partial charge in [-0.05, 0) is 36.2 Å². The lowest BCUT2D eigenvalue weighted by molar-refractivity contribution is -0.136. The summed E-state index contributed by atoms with van der Waals surface area (Å²) < 4.78 is 5.52. The fourth-order valence-electron chi connectivity index (χ4n) is 3.91. The number of imide groups is 1. The Balaban J connectivity index is 1.48. The second-order valence-corrected chi connectivity index (χ2v) is 9.30. The Morgan fingerprint density at radius 3 is 2.64 bits per heavy atom. The van der Waals surface area contributed by atoms with Crippen LogP contribution in [0.5, 0.6) is 5.75 Å². The molecule has 1 atom stereocenters. The minimum absolute atomic E-state index is 0.171. The van der Waals surface area contributed by atoms with Crippen LogP contribution in [-0.2, 0) is 21.5 Å². The third kappa shape index (κ3) is 4.44. The van der Waals surface area contributed by atoms with Crippen LogP contribution in [-0.4, -0.2) is 46.8 Å². The van der Waals surface area contributed by atoms with Crippen LogP contribution in [0.4, 0.5) is 10.5 Å². The summed E-state index contributed by atoms with van der Waals surface area (Å²) in [5.74, 6) is -0.890. The van der Waals surface area contributed by atoms with Gasteiger partial charge in [0, 0.05) is 42.9 Å². The maximum atomic E-state index is 13.0. The summed E-state index contributed by atoms with van der Waals surface area (Å²) in [5, 5.41) is 2.28. The summed E-state index contributed by atoms with van der Waals surface area (Å²) in [6.45, 7) is 6.38. The van der Waals surface area contributed by atoms with Gasteiger partial charge < -0.3 is 9.64 Å². The molecule has 0 bridgehead atoms. The second kappa shape index (κ2) is 8.31. The number of hydrogen-bond acceptors (Lipinski definition) is 6. The Labute approximate surface area is 191 Å². The fourth-order valence-corrected chi connectivity index (χ4v) is 3.91. The summed E-state index contributed by atoms with van der Waals surface area (Å²) in [6, 6.07) is 7.72. The van der Waals surface area contributed by atoms with Crippen LogP contribution < -0.4 is 15.0 Å². The van der Waals surface area contributed by atoms with Gasteiger partial charge in [-0.25, -0.2) is 4.79 Å². The quantitative estimate of drug-likeness (QED) is 0.721. The number of nitrogens with one attached hydrogen (secondary N) is 1. The van der Waals surface area contributed by atoms with Gasteiger partial charge in [-0.1, -0.05) is 26.8 Å². The van der Waals surface area contributed by atoms with Crippen molar-refractivity contribution in [2.24, 2.45) is 0 Å². The SMILES string of the molecule is CN(C(=O)Oc1ccc2c(c1)C(=O)N(C1CCC(=O)NC1=O)C2)c1ccnc(C(C)(C)C)c1. The molecular weight excluding hydrogens is 424 g/mol. The molecule has 3 heterocycles. The van der Waals surface area contributed by atoms with Crippen molar-refractivity contribution in [1.82, 2.24) is 15.2 Å². The number of piperidine rings is 1. The van der Waals surface area contributed by atoms with E-state index in [9.17, 15) is 19.2 Å². The monoisotopic (exact) mass is 450 g/mol. The molecule has 2 aliphatic rings. The van der Waals surface area contributed by atoms with Gasteiger partial charge >= 0.3 is 6.09 Å². The zero-order valence-electron chi connectivity index (χ0n) is 19.0. The summed E-state index contributed by atoms with van der Waals surface area (Å²) in [4.78, 5) is 56.5. The van der Waals surface area contributed by atoms with E-state index in [1.807, 2.05) is 26.8 Å². The molecule has 2 aromatic rings. The molecule has 9 heteroatoms. The van der Waals surface area contributed by atoms with Crippen molar-refractivity contribution < 1.29 is 23.9 Å². The minimum atomic E-state index is -0.691. The summed E-state index contributed by atoms with van der Waals surface area (Å²) in [5.41, 5.74) is 2.43. The number of anilines is 1. The summed E-state index contributed by atoms with van der Waals surface area (Å²) in [7, 11) is 1.60. The average Bonchev–Trinajstić information content (AvgIpc) is 3.08. The molecule has 1 aromatic heterocycles. The van der Waals surface area contributed by atoms with E-state index in [2.05, 4.69) is 10.3 Å². The molecule has 4 amide bonds. The molecule has 1 saturated heterocycles. The number of benzene rings is 1. The number of hydrogen-bond donors (Lipinski definition) is 1. The first-order valence-electron chi connectivity index (χ1n) is 10.7. The van der Waals surface area contributed by atoms with Gasteiger partial charge in [0.05, 0.1) is 5.69 Å². The second-order valence-electron chi connectivity index (χ2n) is 9.30. The first-order chi connectivity index (χ1) is 15.5. The maximum absolute atomic E-state index is 13.0. The molecule has 0 aliphatic carbocycles. The topological polar surface area (TPSA) is 109 Å². The third-order valence-corrected chi connectivity index (χ3v) is 5.88. The predicted octanol–water partition coefficient (Wildman–Crippen LogP) is 2.78. The molecule has 0 radical (unpaired) electrons. The highest BCUT2D eigenvalue weighted by Gasteiger charge is 2.39. The first kappa shape index (κ1) is 22.4. The minimum Gasteiger partial charge on any atom is -0.410 e. The number of carbonyl (C=O) groups excluding carboxylic acids is 4. The standard InChI is InChI=1S/C24H26N4O5/c1-24(2,3)19-11-15(9-10-25-19)27(4)23(32)33-16-6-5-14-13-28(22(31)17(14)12-16)18-7-8-20(29)26-21(18)30/h5-6,9-12,18H,7-8,13H2,1-4H3,(H,26,29,30). The fraction of sp³-hybridized carbons (Fsp3) is 0.375. The first-order valence-corrected chi connectivity index (χ1v) is 10.7. The molecule has 2 aliphatic heterocycles. The van der Waals surface area contributed by atoms with Gasteiger partial charge in [0.15, 0.2) is 0 Å². The Morgan fingerprint density at radius 2 is 1.94 bits per heavy atom. The Hall–Kier alpha value is -3.75. The van der Waals surface area contributed by atoms with Gasteiger partial charge in [-0.15, -0.1) is 0 Å². The van der Waals surface area contributed by atoms with Crippen LogP contribution in [0.25, 0.3) is 0 Å². The van der Waals surface area contributed by atoms with Crippen molar-refractivity contribution in [2.75, 3.05) is 11.9 Å². The number of pyridine rings is 1. The smallest absolute Gasteiger partial charge is 0.410 e. The number of rotatable bonds is 3. The van der Waals surface area contributed by atoms with Gasteiger partial charge in [0.1, 0.15) is 11.8 Å². The van der Waals surface area contributed by atoms with Crippen LogP contribution in [0.3, 0.4) is 0 Å². The van der Waals surface area contributed by atoms with Gasteiger partial charge in [-0.2, -0.15) is 0 Å². The molecule has 1 unspecified atom stereocenters. The van der Waals surface area contributed by atoms with Gasteiger partial charge in [-0.3, -0.25) is 29.6 Å². The Kier molecular flexibility index (Phi) is 5.65. The average molecular weight is 450 g/mol. The van der Waals surface area contributed by atoms with Crippen molar-refractivity contribution in [3.05, 3.63) is 53.3 Å². The van der Waals surface area contributed by atoms with E-state index >= 15 is 0 Å². The van der Waals surface area contributed by atoms with Crippen LogP contribution in [0, 0.1) is 0 Å². The largest absolute Gasteiger partial charge is 0.419 e. The highest BCUT2D eigenvalue weighted by Crippen LogP contribution is 2.31. The highest BCUT2D eigenvalue weighted by atomic mass is 16.6. The lowest BCUT2D eigenvalue weighted by Gasteiger charge is -2.29. The molecule has 4 rings (SSSR count).